The molecule has 0 saturated heterocycles. The summed E-state index contributed by atoms with van der Waals surface area (Å²) < 4.78 is 43.8. The van der Waals surface area contributed by atoms with Gasteiger partial charge in [-0.15, -0.1) is 0 Å². The van der Waals surface area contributed by atoms with E-state index in [9.17, 15) is 47.9 Å². The summed E-state index contributed by atoms with van der Waals surface area (Å²) in [4.78, 5) is 132. The van der Waals surface area contributed by atoms with E-state index in [1.165, 1.54) is 0 Å². The van der Waals surface area contributed by atoms with Crippen molar-refractivity contribution in [1.82, 2.24) is 16.0 Å². The number of Topliss-reactive ketones (excluding diaryl/α,β-unsaturated/α-hetero) is 1. The quantitative estimate of drug-likeness (QED) is 0.0323. The molecule has 4 unspecified atom stereocenters. The lowest BCUT2D eigenvalue weighted by atomic mass is 9.95. The van der Waals surface area contributed by atoms with Gasteiger partial charge < -0.3 is 53.8 Å². The Bertz CT molecular complexity index is 2360. The smallest absolute Gasteiger partial charge is 0.328 e. The maximum absolute atomic E-state index is 14.0. The van der Waals surface area contributed by atoms with E-state index in [2.05, 4.69) is 16.0 Å². The Balaban J connectivity index is 1.56. The number of unbranched alkanes of at least 4 members (excludes halogenated alkanes) is 4. The minimum Gasteiger partial charge on any atom is -0.466 e. The molecule has 2 aromatic rings. The van der Waals surface area contributed by atoms with Gasteiger partial charge >= 0.3 is 35.8 Å². The van der Waals surface area contributed by atoms with E-state index in [1.807, 2.05) is 76.2 Å². The maximum Gasteiger partial charge on any atom is 0.328 e. The van der Waals surface area contributed by atoms with Crippen LogP contribution in [0.2, 0.25) is 0 Å². The minimum absolute atomic E-state index is 0.0231. The van der Waals surface area contributed by atoms with E-state index in [0.717, 1.165) is 47.9 Å². The lowest BCUT2D eigenvalue weighted by molar-refractivity contribution is -0.164. The number of rotatable bonds is 44. The maximum atomic E-state index is 14.0. The zero-order valence-corrected chi connectivity index (χ0v) is 50.7. The van der Waals surface area contributed by atoms with Crippen molar-refractivity contribution in [3.05, 3.63) is 59.7 Å². The molecule has 468 valence electrons. The van der Waals surface area contributed by atoms with Crippen LogP contribution in [0.25, 0.3) is 11.1 Å². The molecule has 0 radical (unpaired) electrons. The fourth-order valence-corrected chi connectivity index (χ4v) is 8.81. The van der Waals surface area contributed by atoms with Gasteiger partial charge in [0.2, 0.25) is 17.7 Å². The topological polar surface area (TPSA) is 281 Å². The molecule has 3 amide bonds. The zero-order valence-electron chi connectivity index (χ0n) is 50.7. The van der Waals surface area contributed by atoms with Gasteiger partial charge in [0.1, 0.15) is 30.9 Å². The fourth-order valence-electron chi connectivity index (χ4n) is 8.81. The van der Waals surface area contributed by atoms with Crippen LogP contribution in [0.1, 0.15) is 181 Å². The van der Waals surface area contributed by atoms with E-state index in [0.29, 0.717) is 25.7 Å². The summed E-state index contributed by atoms with van der Waals surface area (Å²) in [6.07, 6.45) is 3.59. The average molecular weight is 1180 g/mol. The molecule has 4 atom stereocenters. The molecule has 0 aliphatic heterocycles. The highest BCUT2D eigenvalue weighted by atomic mass is 16.6. The van der Waals surface area contributed by atoms with Gasteiger partial charge in [-0.1, -0.05) is 102 Å². The zero-order chi connectivity index (χ0) is 61.7. The highest BCUT2D eigenvalue weighted by Crippen LogP contribution is 2.44. The second kappa shape index (κ2) is 40.5. The van der Waals surface area contributed by atoms with Crippen molar-refractivity contribution in [1.29, 1.82) is 0 Å². The summed E-state index contributed by atoms with van der Waals surface area (Å²) in [6.45, 7) is 13.3. The van der Waals surface area contributed by atoms with Gasteiger partial charge in [-0.05, 0) is 94.4 Å². The van der Waals surface area contributed by atoms with Gasteiger partial charge in [-0.25, -0.2) is 9.59 Å². The van der Waals surface area contributed by atoms with Crippen molar-refractivity contribution >= 4 is 59.3 Å². The van der Waals surface area contributed by atoms with Crippen LogP contribution in [0.15, 0.2) is 48.5 Å². The number of ketones is 1. The molecular weight excluding hydrogens is 1090 g/mol. The number of benzene rings is 2. The highest BCUT2D eigenvalue weighted by Gasteiger charge is 2.33. The molecule has 2 aromatic carbocycles. The Morgan fingerprint density at radius 2 is 0.976 bits per heavy atom. The van der Waals surface area contributed by atoms with Crippen molar-refractivity contribution in [3.8, 4) is 11.1 Å². The van der Waals surface area contributed by atoms with Gasteiger partial charge in [-0.3, -0.25) is 38.4 Å². The minimum atomic E-state index is -1.28. The van der Waals surface area contributed by atoms with Crippen molar-refractivity contribution in [3.63, 3.8) is 0 Å². The molecule has 0 aromatic heterocycles. The molecule has 21 heteroatoms. The lowest BCUT2D eigenvalue weighted by Gasteiger charge is -2.24. The predicted octanol–water partition coefficient (Wildman–Crippen LogP) is 7.88. The van der Waals surface area contributed by atoms with Crippen LogP contribution >= 0.6 is 0 Å². The van der Waals surface area contributed by atoms with Crippen LogP contribution < -0.4 is 16.0 Å². The molecule has 3 N–H and O–H groups in total. The second-order valence-corrected chi connectivity index (χ2v) is 21.8. The third-order valence-corrected chi connectivity index (χ3v) is 13.5. The third-order valence-electron chi connectivity index (χ3n) is 13.5. The normalized spacial score (nSPS) is 13.2. The first-order valence-electron chi connectivity index (χ1n) is 30.0. The van der Waals surface area contributed by atoms with Gasteiger partial charge in [-0.2, -0.15) is 0 Å². The Morgan fingerprint density at radius 1 is 0.488 bits per heavy atom. The van der Waals surface area contributed by atoms with E-state index in [4.69, 9.17) is 37.9 Å². The van der Waals surface area contributed by atoms with Gasteiger partial charge in [0.05, 0.1) is 58.6 Å². The van der Waals surface area contributed by atoms with Crippen LogP contribution in [0.5, 0.6) is 0 Å². The number of amides is 3. The molecule has 0 spiro atoms. The first-order valence-corrected chi connectivity index (χ1v) is 30.0. The summed E-state index contributed by atoms with van der Waals surface area (Å²) >= 11 is 0. The summed E-state index contributed by atoms with van der Waals surface area (Å²) in [5.74, 6) is -8.45. The Morgan fingerprint density at radius 3 is 1.51 bits per heavy atom. The van der Waals surface area contributed by atoms with Crippen molar-refractivity contribution in [2.24, 2.45) is 11.8 Å². The molecular formula is C63H93N3O18. The van der Waals surface area contributed by atoms with E-state index in [1.54, 1.807) is 20.8 Å². The van der Waals surface area contributed by atoms with Crippen LogP contribution in [0, 0.1) is 11.8 Å². The van der Waals surface area contributed by atoms with Crippen LogP contribution in [-0.2, 0) is 85.8 Å². The molecule has 3 rings (SSSR count). The number of nitrogens with one attached hydrogen (secondary N) is 3. The van der Waals surface area contributed by atoms with Crippen molar-refractivity contribution in [2.75, 3.05) is 66.0 Å². The number of esters is 6. The monoisotopic (exact) mass is 1180 g/mol. The SMILES string of the molecule is CCCCOC(=O)CCC(NC(=O)CCC(CC(=O)COCCOCCNC(=O)CCC(CC(=O)OCC1c2ccccc2-c2ccccc21)C(=O)OC(C)(C)C)C(=O)NC(CCC(=O)OCCCC)C(=O)OCCCC)C(=O)OCCCC. The van der Waals surface area contributed by atoms with Crippen molar-refractivity contribution < 1.29 is 85.8 Å². The number of hydrogen-bond donors (Lipinski definition) is 3. The molecule has 84 heavy (non-hydrogen) atoms. The lowest BCUT2D eigenvalue weighted by Crippen LogP contribution is -2.46. The molecule has 1 aliphatic carbocycles. The van der Waals surface area contributed by atoms with E-state index < -0.39 is 96.0 Å². The van der Waals surface area contributed by atoms with Gasteiger partial charge in [0.15, 0.2) is 5.78 Å². The molecule has 0 fully saturated rings. The van der Waals surface area contributed by atoms with Crippen LogP contribution in [-0.4, -0.2) is 143 Å². The predicted molar refractivity (Wildman–Crippen MR) is 311 cm³/mol. The Hall–Kier alpha value is -6.74. The summed E-state index contributed by atoms with van der Waals surface area (Å²) in [6, 6.07) is 13.4. The highest BCUT2D eigenvalue weighted by molar-refractivity contribution is 5.91. The molecule has 0 saturated carbocycles. The number of carbonyl (C=O) groups excluding carboxylic acids is 10. The second-order valence-electron chi connectivity index (χ2n) is 21.8. The van der Waals surface area contributed by atoms with E-state index in [-0.39, 0.29) is 129 Å². The first-order chi connectivity index (χ1) is 40.3. The van der Waals surface area contributed by atoms with Gasteiger partial charge in [0.25, 0.3) is 0 Å². The van der Waals surface area contributed by atoms with Gasteiger partial charge in [0, 0.05) is 50.5 Å². The third kappa shape index (κ3) is 28.7. The fraction of sp³-hybridized carbons (Fsp3) is 0.651. The van der Waals surface area contributed by atoms with E-state index >= 15 is 0 Å². The molecule has 21 nitrogen and oxygen atoms in total. The summed E-state index contributed by atoms with van der Waals surface area (Å²) in [5.41, 5.74) is 3.44. The number of carbonyl (C=O) groups is 10. The largest absolute Gasteiger partial charge is 0.466 e. The van der Waals surface area contributed by atoms with Crippen molar-refractivity contribution in [2.45, 2.75) is 188 Å². The number of fused-ring (bicyclic) bond motifs is 3. The number of hydrogen-bond acceptors (Lipinski definition) is 18. The summed E-state index contributed by atoms with van der Waals surface area (Å²) in [5, 5.41) is 7.98. The molecule has 0 bridgehead atoms. The summed E-state index contributed by atoms with van der Waals surface area (Å²) in [7, 11) is 0. The average Bonchev–Trinajstić information content (AvgIpc) is 2.53. The number of ether oxygens (including phenoxy) is 8. The molecule has 1 aliphatic rings. The standard InChI is InChI=1S/C63H93N3O18/c1-8-12-33-79-56(70)30-26-52(61(75)81-35-14-10-3)65-55(69)29-24-44(59(73)66-53(62(76)82-36-15-11-4)27-31-57(71)80-34-13-9-2)40-46(67)42-78-39-38-77-37-32-64-54(68)28-25-45(60(74)84-63(5,6)7)41-58(72)83-43-51-49-22-18-16-20-47(49)48-21-17-19-23-50(48)51/h16-23,44-45,51-53H,8-15,24-43H2,1-7H3,(H,64,68)(H,65,69)(H,66,73). The molecule has 0 heterocycles. The Kier molecular flexibility index (Phi) is 34.5. The first kappa shape index (κ1) is 71.5. The van der Waals surface area contributed by atoms with Crippen LogP contribution in [0.3, 0.4) is 0 Å². The Labute approximate surface area is 495 Å². The van der Waals surface area contributed by atoms with Crippen LogP contribution in [0.4, 0.5) is 0 Å².